The van der Waals surface area contributed by atoms with Gasteiger partial charge in [-0.2, -0.15) is 0 Å². The van der Waals surface area contributed by atoms with Crippen molar-refractivity contribution in [3.05, 3.63) is 63.6 Å². The Bertz CT molecular complexity index is 774. The average molecular weight is 374 g/mol. The van der Waals surface area contributed by atoms with Gasteiger partial charge in [0.05, 0.1) is 18.3 Å². The normalized spacial score (nSPS) is 15.0. The maximum atomic E-state index is 12.4. The lowest BCUT2D eigenvalue weighted by Gasteiger charge is -2.22. The Hall–Kier alpha value is -1.98. The molecule has 1 unspecified atom stereocenters. The molecule has 0 saturated heterocycles. The van der Waals surface area contributed by atoms with E-state index < -0.39 is 11.7 Å². The largest absolute Gasteiger partial charge is 0.316 e. The fourth-order valence-electron chi connectivity index (χ4n) is 2.88. The Morgan fingerprint density at radius 2 is 1.78 bits per heavy atom. The van der Waals surface area contributed by atoms with Crippen LogP contribution in [0.4, 0.5) is 5.69 Å². The van der Waals surface area contributed by atoms with Crippen LogP contribution >= 0.6 is 15.9 Å². The summed E-state index contributed by atoms with van der Waals surface area (Å²) in [5.74, 6) is -0.873. The predicted molar refractivity (Wildman–Crippen MR) is 92.6 cm³/mol. The van der Waals surface area contributed by atoms with Gasteiger partial charge < -0.3 is 4.90 Å². The number of nitrogens with zero attached hydrogens (tertiary/aromatic N) is 1. The number of amides is 1. The number of quaternary nitrogens is 1. The molecule has 0 aliphatic carbocycles. The molecule has 1 amide bonds. The SMILES string of the molecule is Cc1ccc2c(c1Br)C(=O)C(=O)N2C[NH+](C)Cc1ccccc1. The zero-order valence-electron chi connectivity index (χ0n) is 13.1. The van der Waals surface area contributed by atoms with Gasteiger partial charge in [0, 0.05) is 10.0 Å². The van der Waals surface area contributed by atoms with Crippen LogP contribution in [0, 0.1) is 6.92 Å². The summed E-state index contributed by atoms with van der Waals surface area (Å²) in [4.78, 5) is 27.4. The number of hydrogen-bond acceptors (Lipinski definition) is 2. The maximum absolute atomic E-state index is 12.4. The molecule has 0 saturated carbocycles. The van der Waals surface area contributed by atoms with E-state index in [9.17, 15) is 9.59 Å². The molecule has 1 aliphatic rings. The van der Waals surface area contributed by atoms with Crippen LogP contribution in [-0.4, -0.2) is 25.4 Å². The van der Waals surface area contributed by atoms with Crippen molar-refractivity contribution in [1.82, 2.24) is 0 Å². The lowest BCUT2D eigenvalue weighted by atomic mass is 10.1. The monoisotopic (exact) mass is 373 g/mol. The Balaban J connectivity index is 1.83. The van der Waals surface area contributed by atoms with Gasteiger partial charge in [-0.1, -0.05) is 36.4 Å². The first-order chi connectivity index (χ1) is 11.0. The summed E-state index contributed by atoms with van der Waals surface area (Å²) < 4.78 is 0.719. The quantitative estimate of drug-likeness (QED) is 0.832. The van der Waals surface area contributed by atoms with E-state index in [0.29, 0.717) is 17.9 Å². The number of Topliss-reactive ketones (excluding diaryl/α,β-unsaturated/α-hetero) is 1. The number of carbonyl (C=O) groups excluding carboxylic acids is 2. The highest BCUT2D eigenvalue weighted by Gasteiger charge is 2.39. The van der Waals surface area contributed by atoms with Gasteiger partial charge >= 0.3 is 5.91 Å². The molecule has 1 heterocycles. The van der Waals surface area contributed by atoms with Crippen molar-refractivity contribution >= 4 is 33.3 Å². The van der Waals surface area contributed by atoms with E-state index in [4.69, 9.17) is 0 Å². The number of carbonyl (C=O) groups is 2. The highest BCUT2D eigenvalue weighted by atomic mass is 79.9. The fourth-order valence-corrected chi connectivity index (χ4v) is 3.39. The Morgan fingerprint density at radius 3 is 2.48 bits per heavy atom. The van der Waals surface area contributed by atoms with Crippen LogP contribution in [0.3, 0.4) is 0 Å². The number of benzene rings is 2. The van der Waals surface area contributed by atoms with Gasteiger partial charge in [0.15, 0.2) is 6.67 Å². The van der Waals surface area contributed by atoms with Gasteiger partial charge in [-0.3, -0.25) is 14.5 Å². The number of aryl methyl sites for hydroxylation is 1. The smallest absolute Gasteiger partial charge is 0.303 e. The molecule has 118 valence electrons. The van der Waals surface area contributed by atoms with Crippen LogP contribution in [0.2, 0.25) is 0 Å². The van der Waals surface area contributed by atoms with E-state index in [1.807, 2.05) is 44.3 Å². The van der Waals surface area contributed by atoms with Crippen LogP contribution in [0.15, 0.2) is 46.9 Å². The van der Waals surface area contributed by atoms with Gasteiger partial charge in [-0.25, -0.2) is 0 Å². The standard InChI is InChI=1S/C18H17BrN2O2/c1-12-8-9-14-15(16(12)19)17(22)18(23)21(14)11-20(2)10-13-6-4-3-5-7-13/h3-9H,10-11H2,1-2H3/p+1. The summed E-state index contributed by atoms with van der Waals surface area (Å²) in [5.41, 5.74) is 3.34. The average Bonchev–Trinajstić information content (AvgIpc) is 2.77. The van der Waals surface area contributed by atoms with Gasteiger partial charge in [-0.05, 0) is 34.5 Å². The Kier molecular flexibility index (Phi) is 4.33. The second-order valence-corrected chi connectivity index (χ2v) is 6.72. The van der Waals surface area contributed by atoms with Crippen molar-refractivity contribution in [3.63, 3.8) is 0 Å². The Morgan fingerprint density at radius 1 is 1.09 bits per heavy atom. The molecule has 0 fully saturated rings. The predicted octanol–water partition coefficient (Wildman–Crippen LogP) is 1.96. The van der Waals surface area contributed by atoms with Crippen molar-refractivity contribution in [1.29, 1.82) is 0 Å². The van der Waals surface area contributed by atoms with Crippen LogP contribution in [0.5, 0.6) is 0 Å². The van der Waals surface area contributed by atoms with E-state index >= 15 is 0 Å². The van der Waals surface area contributed by atoms with Crippen molar-refractivity contribution in [3.8, 4) is 0 Å². The van der Waals surface area contributed by atoms with Crippen LogP contribution in [0.25, 0.3) is 0 Å². The number of nitrogens with one attached hydrogen (secondary N) is 1. The number of fused-ring (bicyclic) bond motifs is 1. The fraction of sp³-hybridized carbons (Fsp3) is 0.222. The zero-order chi connectivity index (χ0) is 16.6. The van der Waals surface area contributed by atoms with E-state index in [2.05, 4.69) is 28.1 Å². The molecule has 0 spiro atoms. The summed E-state index contributed by atoms with van der Waals surface area (Å²) in [5, 5.41) is 0. The summed E-state index contributed by atoms with van der Waals surface area (Å²) in [7, 11) is 2.02. The topological polar surface area (TPSA) is 41.8 Å². The highest BCUT2D eigenvalue weighted by molar-refractivity contribution is 9.10. The lowest BCUT2D eigenvalue weighted by Crippen LogP contribution is -3.09. The summed E-state index contributed by atoms with van der Waals surface area (Å²) in [6.45, 7) is 3.17. The molecule has 4 nitrogen and oxygen atoms in total. The molecule has 1 atom stereocenters. The number of rotatable bonds is 4. The Labute approximate surface area is 143 Å². The summed E-state index contributed by atoms with van der Waals surface area (Å²) in [6.07, 6.45) is 0. The molecule has 0 radical (unpaired) electrons. The molecule has 3 rings (SSSR count). The first kappa shape index (κ1) is 15.9. The first-order valence-corrected chi connectivity index (χ1v) is 8.29. The molecule has 1 aliphatic heterocycles. The van der Waals surface area contributed by atoms with Crippen LogP contribution in [0.1, 0.15) is 21.5 Å². The van der Waals surface area contributed by atoms with Crippen LogP contribution in [-0.2, 0) is 11.3 Å². The van der Waals surface area contributed by atoms with E-state index in [0.717, 1.165) is 21.5 Å². The molecule has 2 aromatic rings. The second kappa shape index (κ2) is 6.26. The van der Waals surface area contributed by atoms with Crippen molar-refractivity contribution in [2.75, 3.05) is 18.6 Å². The molecule has 0 bridgehead atoms. The van der Waals surface area contributed by atoms with Gasteiger partial charge in [0.2, 0.25) is 0 Å². The lowest BCUT2D eigenvalue weighted by molar-refractivity contribution is -0.892. The molecule has 23 heavy (non-hydrogen) atoms. The van der Waals surface area contributed by atoms with Gasteiger partial charge in [0.25, 0.3) is 5.78 Å². The molecule has 0 aromatic heterocycles. The minimum absolute atomic E-state index is 0.428. The third-order valence-electron chi connectivity index (χ3n) is 4.05. The van der Waals surface area contributed by atoms with Crippen molar-refractivity contribution in [2.45, 2.75) is 13.5 Å². The number of halogens is 1. The number of hydrogen-bond donors (Lipinski definition) is 1. The third kappa shape index (κ3) is 2.94. The first-order valence-electron chi connectivity index (χ1n) is 7.49. The van der Waals surface area contributed by atoms with Gasteiger partial charge in [-0.15, -0.1) is 0 Å². The molecule has 2 aromatic carbocycles. The molecular weight excluding hydrogens is 356 g/mol. The van der Waals surface area contributed by atoms with Gasteiger partial charge in [0.1, 0.15) is 6.54 Å². The minimum atomic E-state index is -0.446. The zero-order valence-corrected chi connectivity index (χ0v) is 14.7. The van der Waals surface area contributed by atoms with Crippen molar-refractivity contribution in [2.24, 2.45) is 0 Å². The number of anilines is 1. The highest BCUT2D eigenvalue weighted by Crippen LogP contribution is 2.35. The number of ketones is 1. The second-order valence-electron chi connectivity index (χ2n) is 5.93. The minimum Gasteiger partial charge on any atom is -0.316 e. The van der Waals surface area contributed by atoms with Crippen molar-refractivity contribution < 1.29 is 14.5 Å². The van der Waals surface area contributed by atoms with Crippen LogP contribution < -0.4 is 9.80 Å². The third-order valence-corrected chi connectivity index (χ3v) is 5.07. The van der Waals surface area contributed by atoms with E-state index in [-0.39, 0.29) is 0 Å². The summed E-state index contributed by atoms with van der Waals surface area (Å²) in [6, 6.07) is 13.9. The summed E-state index contributed by atoms with van der Waals surface area (Å²) >= 11 is 3.44. The van der Waals surface area contributed by atoms with E-state index in [1.165, 1.54) is 5.56 Å². The maximum Gasteiger partial charge on any atom is 0.303 e. The molecule has 1 N–H and O–H groups in total. The molecular formula is C18H18BrN2O2+. The van der Waals surface area contributed by atoms with E-state index in [1.54, 1.807) is 4.90 Å². The molecule has 5 heteroatoms.